The Bertz CT molecular complexity index is 852. The number of anilines is 1. The number of carbonyl (C=O) groups excluding carboxylic acids is 1. The number of rotatable bonds is 1. The predicted octanol–water partition coefficient (Wildman–Crippen LogP) is 2.97. The maximum Gasteiger partial charge on any atom is 0.280 e. The van der Waals surface area contributed by atoms with Gasteiger partial charge in [-0.05, 0) is 49.7 Å². The molecule has 0 saturated heterocycles. The monoisotopic (exact) mass is 300 g/mol. The van der Waals surface area contributed by atoms with Gasteiger partial charge in [0, 0.05) is 16.3 Å². The van der Waals surface area contributed by atoms with Crippen LogP contribution in [0.15, 0.2) is 30.3 Å². The van der Waals surface area contributed by atoms with Crippen molar-refractivity contribution in [1.82, 2.24) is 14.8 Å². The smallest absolute Gasteiger partial charge is 0.280 e. The van der Waals surface area contributed by atoms with Gasteiger partial charge in [0.2, 0.25) is 0 Å². The van der Waals surface area contributed by atoms with Crippen LogP contribution in [-0.4, -0.2) is 20.7 Å². The Morgan fingerprint density at radius 3 is 2.57 bits per heavy atom. The van der Waals surface area contributed by atoms with Crippen LogP contribution in [-0.2, 0) is 0 Å². The topological polar surface area (TPSA) is 73.8 Å². The number of carbonyl (C=O) groups is 1. The van der Waals surface area contributed by atoms with E-state index in [1.54, 1.807) is 24.3 Å². The van der Waals surface area contributed by atoms with E-state index in [1.807, 2.05) is 19.9 Å². The van der Waals surface area contributed by atoms with E-state index in [9.17, 15) is 4.79 Å². The van der Waals surface area contributed by atoms with Crippen molar-refractivity contribution >= 4 is 34.4 Å². The first-order valence-electron chi connectivity index (χ1n) is 6.40. The van der Waals surface area contributed by atoms with Crippen LogP contribution in [0.3, 0.4) is 0 Å². The van der Waals surface area contributed by atoms with Gasteiger partial charge in [0.25, 0.3) is 5.91 Å². The standard InChI is InChI=1S/C15H13ClN4O/c1-8-7-9(2)18-14-12(8)13(17)19-20(14)15(21)10-3-5-11(16)6-4-10/h3-7H,1-2H3,(H2,17,19). The van der Waals surface area contributed by atoms with E-state index in [0.29, 0.717) is 27.4 Å². The zero-order valence-corrected chi connectivity index (χ0v) is 12.3. The SMILES string of the molecule is Cc1cc(C)c2c(N)nn(C(=O)c3ccc(Cl)cc3)c2n1. The molecule has 2 aromatic heterocycles. The first-order chi connectivity index (χ1) is 9.97. The highest BCUT2D eigenvalue weighted by Gasteiger charge is 2.18. The molecule has 0 radical (unpaired) electrons. The molecule has 1 aromatic carbocycles. The van der Waals surface area contributed by atoms with Gasteiger partial charge in [0.15, 0.2) is 11.5 Å². The van der Waals surface area contributed by atoms with Crippen LogP contribution in [0, 0.1) is 13.8 Å². The Kier molecular flexibility index (Phi) is 3.14. The molecule has 0 atom stereocenters. The number of nitrogen functional groups attached to an aromatic ring is 1. The number of halogens is 1. The van der Waals surface area contributed by atoms with E-state index in [4.69, 9.17) is 17.3 Å². The summed E-state index contributed by atoms with van der Waals surface area (Å²) in [5.41, 5.74) is 8.64. The Hall–Kier alpha value is -2.40. The van der Waals surface area contributed by atoms with Gasteiger partial charge in [-0.3, -0.25) is 4.79 Å². The van der Waals surface area contributed by atoms with Crippen molar-refractivity contribution in [3.8, 4) is 0 Å². The molecule has 5 nitrogen and oxygen atoms in total. The van der Waals surface area contributed by atoms with Gasteiger partial charge in [-0.15, -0.1) is 5.10 Å². The Balaban J connectivity index is 2.21. The van der Waals surface area contributed by atoms with Crippen LogP contribution in [0.1, 0.15) is 21.6 Å². The predicted molar refractivity (Wildman–Crippen MR) is 82.6 cm³/mol. The molecule has 2 N–H and O–H groups in total. The molecule has 0 fully saturated rings. The van der Waals surface area contributed by atoms with Gasteiger partial charge in [-0.25, -0.2) is 4.98 Å². The molecular formula is C15H13ClN4O. The van der Waals surface area contributed by atoms with E-state index < -0.39 is 0 Å². The molecule has 106 valence electrons. The summed E-state index contributed by atoms with van der Waals surface area (Å²) in [6.45, 7) is 3.79. The van der Waals surface area contributed by atoms with E-state index >= 15 is 0 Å². The van der Waals surface area contributed by atoms with E-state index in [0.717, 1.165) is 11.3 Å². The lowest BCUT2D eigenvalue weighted by atomic mass is 10.1. The van der Waals surface area contributed by atoms with E-state index in [2.05, 4.69) is 10.1 Å². The zero-order valence-electron chi connectivity index (χ0n) is 11.6. The molecule has 21 heavy (non-hydrogen) atoms. The van der Waals surface area contributed by atoms with Gasteiger partial charge in [-0.1, -0.05) is 11.6 Å². The lowest BCUT2D eigenvalue weighted by Crippen LogP contribution is -2.14. The van der Waals surface area contributed by atoms with Crippen molar-refractivity contribution in [3.63, 3.8) is 0 Å². The van der Waals surface area contributed by atoms with Crippen LogP contribution in [0.4, 0.5) is 5.82 Å². The third kappa shape index (κ3) is 2.25. The molecule has 3 rings (SSSR count). The van der Waals surface area contributed by atoms with Gasteiger partial charge < -0.3 is 5.73 Å². The second kappa shape index (κ2) is 4.86. The summed E-state index contributed by atoms with van der Waals surface area (Å²) in [6.07, 6.45) is 0. The molecule has 0 amide bonds. The molecule has 3 aromatic rings. The largest absolute Gasteiger partial charge is 0.382 e. The van der Waals surface area contributed by atoms with Crippen LogP contribution in [0.25, 0.3) is 11.0 Å². The molecular weight excluding hydrogens is 288 g/mol. The van der Waals surface area contributed by atoms with Crippen molar-refractivity contribution in [2.24, 2.45) is 0 Å². The lowest BCUT2D eigenvalue weighted by molar-refractivity contribution is 0.0950. The van der Waals surface area contributed by atoms with Crippen molar-refractivity contribution in [2.75, 3.05) is 5.73 Å². The molecule has 0 aliphatic heterocycles. The molecule has 0 bridgehead atoms. The quantitative estimate of drug-likeness (QED) is 0.750. The average Bonchev–Trinajstić information content (AvgIpc) is 2.76. The minimum Gasteiger partial charge on any atom is -0.382 e. The number of benzene rings is 1. The molecule has 0 saturated carbocycles. The fraction of sp³-hybridized carbons (Fsp3) is 0.133. The summed E-state index contributed by atoms with van der Waals surface area (Å²) in [5.74, 6) is 0.0168. The third-order valence-electron chi connectivity index (χ3n) is 3.27. The highest BCUT2D eigenvalue weighted by molar-refractivity contribution is 6.30. The second-order valence-corrected chi connectivity index (χ2v) is 5.32. The molecule has 6 heteroatoms. The first-order valence-corrected chi connectivity index (χ1v) is 6.78. The number of aromatic nitrogens is 3. The van der Waals surface area contributed by atoms with E-state index in [-0.39, 0.29) is 5.91 Å². The van der Waals surface area contributed by atoms with Crippen molar-refractivity contribution in [1.29, 1.82) is 0 Å². The van der Waals surface area contributed by atoms with Crippen LogP contribution >= 0.6 is 11.6 Å². The summed E-state index contributed by atoms with van der Waals surface area (Å²) in [6, 6.07) is 8.53. The fourth-order valence-electron chi connectivity index (χ4n) is 2.35. The van der Waals surface area contributed by atoms with Crippen LogP contribution in [0.2, 0.25) is 5.02 Å². The van der Waals surface area contributed by atoms with E-state index in [1.165, 1.54) is 4.68 Å². The number of hydrogen-bond acceptors (Lipinski definition) is 4. The maximum atomic E-state index is 12.6. The maximum absolute atomic E-state index is 12.6. The molecule has 0 aliphatic carbocycles. The van der Waals surface area contributed by atoms with Gasteiger partial charge in [0.05, 0.1) is 5.39 Å². The normalized spacial score (nSPS) is 11.0. The minimum atomic E-state index is -0.286. The number of fused-ring (bicyclic) bond motifs is 1. The summed E-state index contributed by atoms with van der Waals surface area (Å²) in [4.78, 5) is 17.0. The molecule has 2 heterocycles. The lowest BCUT2D eigenvalue weighted by Gasteiger charge is -2.03. The van der Waals surface area contributed by atoms with Gasteiger partial charge in [0.1, 0.15) is 0 Å². The summed E-state index contributed by atoms with van der Waals surface area (Å²) in [7, 11) is 0. The average molecular weight is 301 g/mol. The minimum absolute atomic E-state index is 0.286. The second-order valence-electron chi connectivity index (χ2n) is 4.89. The number of aryl methyl sites for hydroxylation is 2. The molecule has 0 aliphatic rings. The molecule has 0 unspecified atom stereocenters. The number of pyridine rings is 1. The Morgan fingerprint density at radius 1 is 1.24 bits per heavy atom. The Morgan fingerprint density at radius 2 is 1.90 bits per heavy atom. The highest BCUT2D eigenvalue weighted by atomic mass is 35.5. The molecule has 0 spiro atoms. The van der Waals surface area contributed by atoms with Gasteiger partial charge in [-0.2, -0.15) is 4.68 Å². The van der Waals surface area contributed by atoms with Crippen molar-refractivity contribution in [2.45, 2.75) is 13.8 Å². The number of nitrogens with zero attached hydrogens (tertiary/aromatic N) is 3. The van der Waals surface area contributed by atoms with Gasteiger partial charge >= 0.3 is 0 Å². The number of nitrogens with two attached hydrogens (primary N) is 1. The highest BCUT2D eigenvalue weighted by Crippen LogP contribution is 2.24. The Labute approximate surface area is 126 Å². The zero-order chi connectivity index (χ0) is 15.1. The first kappa shape index (κ1) is 13.6. The van der Waals surface area contributed by atoms with Crippen molar-refractivity contribution < 1.29 is 4.79 Å². The summed E-state index contributed by atoms with van der Waals surface area (Å²) < 4.78 is 1.24. The van der Waals surface area contributed by atoms with Crippen LogP contribution in [0.5, 0.6) is 0 Å². The summed E-state index contributed by atoms with van der Waals surface area (Å²) in [5, 5.41) is 5.42. The fourth-order valence-corrected chi connectivity index (χ4v) is 2.47. The number of hydrogen-bond donors (Lipinski definition) is 1. The third-order valence-corrected chi connectivity index (χ3v) is 3.53. The van der Waals surface area contributed by atoms with Crippen LogP contribution < -0.4 is 5.73 Å². The summed E-state index contributed by atoms with van der Waals surface area (Å²) >= 11 is 5.84. The van der Waals surface area contributed by atoms with Crippen molar-refractivity contribution in [3.05, 3.63) is 52.2 Å².